The van der Waals surface area contributed by atoms with Crippen LogP contribution >= 0.6 is 0 Å². The lowest BCUT2D eigenvalue weighted by Gasteiger charge is -2.07. The Morgan fingerprint density at radius 3 is 2.45 bits per heavy atom. The van der Waals surface area contributed by atoms with Gasteiger partial charge in [0.05, 0.1) is 5.56 Å². The van der Waals surface area contributed by atoms with Crippen LogP contribution in [0.25, 0.3) is 22.6 Å². The first kappa shape index (κ1) is 12.7. The molecule has 0 radical (unpaired) electrons. The normalized spacial score (nSPS) is 15.1. The van der Waals surface area contributed by atoms with Gasteiger partial charge in [0, 0.05) is 16.8 Å². The fraction of sp³-hybridized carbons (Fsp3) is 0. The number of esters is 1. The molecule has 0 bridgehead atoms. The summed E-state index contributed by atoms with van der Waals surface area (Å²) in [5, 5.41) is 2.14. The summed E-state index contributed by atoms with van der Waals surface area (Å²) in [6.45, 7) is 0. The van der Waals surface area contributed by atoms with Gasteiger partial charge in [-0.3, -0.25) is 0 Å². The van der Waals surface area contributed by atoms with Gasteiger partial charge in [-0.25, -0.2) is 4.79 Å². The van der Waals surface area contributed by atoms with E-state index >= 15 is 0 Å². The zero-order valence-corrected chi connectivity index (χ0v) is 11.7. The predicted octanol–water partition coefficient (Wildman–Crippen LogP) is 4.09. The van der Waals surface area contributed by atoms with Crippen LogP contribution in [0.3, 0.4) is 0 Å². The Kier molecular flexibility index (Phi) is 2.73. The van der Waals surface area contributed by atoms with Crippen molar-refractivity contribution in [2.24, 2.45) is 0 Å². The lowest BCUT2D eigenvalue weighted by molar-refractivity contribution is 0.0717. The smallest absolute Gasteiger partial charge is 0.344 e. The zero-order valence-electron chi connectivity index (χ0n) is 11.7. The van der Waals surface area contributed by atoms with Crippen LogP contribution in [0.2, 0.25) is 0 Å². The number of nitrogens with two attached hydrogens (primary N) is 1. The molecular weight excluding hydrogens is 274 g/mol. The molecule has 3 heteroatoms. The molecule has 1 aliphatic heterocycles. The molecule has 1 aliphatic rings. The third kappa shape index (κ3) is 1.87. The fourth-order valence-corrected chi connectivity index (χ4v) is 2.80. The van der Waals surface area contributed by atoms with Crippen LogP contribution < -0.4 is 5.73 Å². The highest BCUT2D eigenvalue weighted by Crippen LogP contribution is 2.34. The molecule has 3 aromatic rings. The Bertz CT molecular complexity index is 941. The second-order valence-corrected chi connectivity index (χ2v) is 5.23. The summed E-state index contributed by atoms with van der Waals surface area (Å²) in [6.07, 6.45) is 1.85. The van der Waals surface area contributed by atoms with Crippen molar-refractivity contribution in [2.45, 2.75) is 0 Å². The Labute approximate surface area is 127 Å². The number of carbonyl (C=O) groups excluding carboxylic acids is 1. The molecular formula is C19H13NO2. The van der Waals surface area contributed by atoms with Crippen LogP contribution in [0.15, 0.2) is 60.7 Å². The van der Waals surface area contributed by atoms with Gasteiger partial charge in [0.1, 0.15) is 5.76 Å². The van der Waals surface area contributed by atoms with Crippen molar-refractivity contribution < 1.29 is 9.53 Å². The molecule has 0 fully saturated rings. The fourth-order valence-electron chi connectivity index (χ4n) is 2.80. The second-order valence-electron chi connectivity index (χ2n) is 5.23. The summed E-state index contributed by atoms with van der Waals surface area (Å²) >= 11 is 0. The molecule has 3 aromatic carbocycles. The Hall–Kier alpha value is -3.07. The first-order valence-electron chi connectivity index (χ1n) is 7.04. The van der Waals surface area contributed by atoms with E-state index in [-0.39, 0.29) is 5.97 Å². The molecule has 1 heterocycles. The molecule has 0 saturated carbocycles. The minimum absolute atomic E-state index is 0.319. The van der Waals surface area contributed by atoms with Gasteiger partial charge < -0.3 is 10.5 Å². The van der Waals surface area contributed by atoms with E-state index < -0.39 is 0 Å². The Morgan fingerprint density at radius 2 is 1.59 bits per heavy atom. The predicted molar refractivity (Wildman–Crippen MR) is 88.1 cm³/mol. The number of nitrogen functional groups attached to an aromatic ring is 1. The second kappa shape index (κ2) is 4.74. The number of fused-ring (bicyclic) bond motifs is 2. The number of rotatable bonds is 1. The van der Waals surface area contributed by atoms with Crippen LogP contribution in [-0.2, 0) is 4.74 Å². The number of benzene rings is 3. The highest BCUT2D eigenvalue weighted by atomic mass is 16.5. The maximum atomic E-state index is 11.9. The average molecular weight is 287 g/mol. The highest BCUT2D eigenvalue weighted by Gasteiger charge is 2.25. The monoisotopic (exact) mass is 287 g/mol. The molecule has 0 saturated heterocycles. The summed E-state index contributed by atoms with van der Waals surface area (Å²) in [5.41, 5.74) is 9.06. The van der Waals surface area contributed by atoms with E-state index in [9.17, 15) is 4.79 Å². The number of hydrogen-bond acceptors (Lipinski definition) is 3. The quantitative estimate of drug-likeness (QED) is 0.541. The van der Waals surface area contributed by atoms with Gasteiger partial charge in [0.25, 0.3) is 0 Å². The van der Waals surface area contributed by atoms with E-state index in [1.807, 2.05) is 60.7 Å². The summed E-state index contributed by atoms with van der Waals surface area (Å²) in [6, 6.07) is 19.2. The van der Waals surface area contributed by atoms with Crippen LogP contribution in [0.4, 0.5) is 5.69 Å². The molecule has 0 amide bonds. The van der Waals surface area contributed by atoms with E-state index in [1.165, 1.54) is 0 Å². The summed E-state index contributed by atoms with van der Waals surface area (Å²) < 4.78 is 5.41. The third-order valence-corrected chi connectivity index (χ3v) is 3.89. The lowest BCUT2D eigenvalue weighted by atomic mass is 10.0. The minimum Gasteiger partial charge on any atom is -0.422 e. The van der Waals surface area contributed by atoms with Crippen molar-refractivity contribution in [1.29, 1.82) is 0 Å². The van der Waals surface area contributed by atoms with Gasteiger partial charge in [-0.05, 0) is 29.0 Å². The molecule has 0 unspecified atom stereocenters. The number of carbonyl (C=O) groups is 1. The summed E-state index contributed by atoms with van der Waals surface area (Å²) in [7, 11) is 0. The van der Waals surface area contributed by atoms with Gasteiger partial charge in [-0.15, -0.1) is 0 Å². The van der Waals surface area contributed by atoms with E-state index in [4.69, 9.17) is 10.5 Å². The van der Waals surface area contributed by atoms with Gasteiger partial charge in [-0.2, -0.15) is 0 Å². The first-order chi connectivity index (χ1) is 10.7. The molecule has 0 aliphatic carbocycles. The van der Waals surface area contributed by atoms with Gasteiger partial charge >= 0.3 is 5.97 Å². The molecule has 106 valence electrons. The molecule has 2 N–H and O–H groups in total. The average Bonchev–Trinajstić information content (AvgIpc) is 2.87. The van der Waals surface area contributed by atoms with E-state index in [0.717, 1.165) is 21.9 Å². The van der Waals surface area contributed by atoms with Gasteiger partial charge in [0.15, 0.2) is 0 Å². The number of hydrogen-bond donors (Lipinski definition) is 1. The van der Waals surface area contributed by atoms with Gasteiger partial charge in [-0.1, -0.05) is 48.5 Å². The number of cyclic esters (lactones) is 1. The van der Waals surface area contributed by atoms with Crippen molar-refractivity contribution in [2.75, 3.05) is 5.73 Å². The maximum absolute atomic E-state index is 11.9. The zero-order chi connectivity index (χ0) is 15.1. The third-order valence-electron chi connectivity index (χ3n) is 3.89. The highest BCUT2D eigenvalue weighted by molar-refractivity contribution is 6.08. The Balaban J connectivity index is 1.95. The SMILES string of the molecule is Nc1ccc2ccccc2c1C=C1OC(=O)c2ccccc21. The molecule has 0 atom stereocenters. The van der Waals surface area contributed by atoms with Crippen molar-refractivity contribution in [1.82, 2.24) is 0 Å². The number of ether oxygens (including phenoxy) is 1. The van der Waals surface area contributed by atoms with E-state index in [0.29, 0.717) is 17.0 Å². The van der Waals surface area contributed by atoms with Gasteiger partial charge in [0.2, 0.25) is 0 Å². The number of anilines is 1. The largest absolute Gasteiger partial charge is 0.422 e. The van der Waals surface area contributed by atoms with Crippen molar-refractivity contribution in [3.05, 3.63) is 77.4 Å². The molecule has 4 rings (SSSR count). The standard InChI is InChI=1S/C19H13NO2/c20-17-10-9-12-5-1-2-6-13(12)16(17)11-18-14-7-3-4-8-15(14)19(21)22-18/h1-11H,20H2. The summed E-state index contributed by atoms with van der Waals surface area (Å²) in [5.74, 6) is 0.226. The van der Waals surface area contributed by atoms with Crippen LogP contribution in [0.1, 0.15) is 21.5 Å². The van der Waals surface area contributed by atoms with E-state index in [2.05, 4.69) is 0 Å². The van der Waals surface area contributed by atoms with Crippen molar-refractivity contribution in [3.63, 3.8) is 0 Å². The molecule has 22 heavy (non-hydrogen) atoms. The minimum atomic E-state index is -0.319. The lowest BCUT2D eigenvalue weighted by Crippen LogP contribution is -1.93. The molecule has 0 spiro atoms. The summed E-state index contributed by atoms with van der Waals surface area (Å²) in [4.78, 5) is 11.9. The van der Waals surface area contributed by atoms with Crippen molar-refractivity contribution in [3.8, 4) is 0 Å². The van der Waals surface area contributed by atoms with Crippen LogP contribution in [0, 0.1) is 0 Å². The van der Waals surface area contributed by atoms with Crippen LogP contribution in [-0.4, -0.2) is 5.97 Å². The Morgan fingerprint density at radius 1 is 0.864 bits per heavy atom. The maximum Gasteiger partial charge on any atom is 0.344 e. The topological polar surface area (TPSA) is 52.3 Å². The molecule has 3 nitrogen and oxygen atoms in total. The van der Waals surface area contributed by atoms with Crippen LogP contribution in [0.5, 0.6) is 0 Å². The van der Waals surface area contributed by atoms with E-state index in [1.54, 1.807) is 6.07 Å². The van der Waals surface area contributed by atoms with Crippen molar-refractivity contribution >= 4 is 34.3 Å². The first-order valence-corrected chi connectivity index (χ1v) is 7.04. The molecule has 0 aromatic heterocycles.